The highest BCUT2D eigenvalue weighted by atomic mass is 35.5. The third kappa shape index (κ3) is 5.90. The Hall–Kier alpha value is -4.33. The minimum absolute atomic E-state index is 0.120. The summed E-state index contributed by atoms with van der Waals surface area (Å²) >= 11 is 12.6. The van der Waals surface area contributed by atoms with Gasteiger partial charge in [-0.05, 0) is 36.5 Å². The first kappa shape index (κ1) is 29.7. The molecule has 230 valence electrons. The van der Waals surface area contributed by atoms with E-state index in [4.69, 9.17) is 38.7 Å². The lowest BCUT2D eigenvalue weighted by molar-refractivity contribution is -0.116. The minimum Gasteiger partial charge on any atom is -0.506 e. The highest BCUT2D eigenvalue weighted by molar-refractivity contribution is 6.34. The second-order valence-corrected chi connectivity index (χ2v) is 11.7. The maximum atomic E-state index is 13.8. The largest absolute Gasteiger partial charge is 0.506 e. The van der Waals surface area contributed by atoms with Crippen molar-refractivity contribution in [3.8, 4) is 16.9 Å². The number of carbonyl (C=O) groups is 2. The van der Waals surface area contributed by atoms with Gasteiger partial charge in [0.1, 0.15) is 18.1 Å². The number of ether oxygens (including phenoxy) is 1. The predicted octanol–water partition coefficient (Wildman–Crippen LogP) is 3.21. The highest BCUT2D eigenvalue weighted by Gasteiger charge is 2.25. The lowest BCUT2D eigenvalue weighted by Gasteiger charge is -2.28. The minimum atomic E-state index is -0.891. The Morgan fingerprint density at radius 3 is 2.61 bits per heavy atom. The van der Waals surface area contributed by atoms with Gasteiger partial charge in [0.25, 0.3) is 11.5 Å². The van der Waals surface area contributed by atoms with E-state index >= 15 is 0 Å². The fourth-order valence-corrected chi connectivity index (χ4v) is 5.52. The number of rotatable bonds is 9. The molecule has 5 N–H and O–H groups in total. The second kappa shape index (κ2) is 12.0. The zero-order valence-corrected chi connectivity index (χ0v) is 25.3. The van der Waals surface area contributed by atoms with E-state index in [1.54, 1.807) is 23.9 Å². The number of carbonyl (C=O) groups excluding carboxylic acids is 2. The number of aromatic nitrogens is 4. The average molecular weight is 642 g/mol. The third-order valence-corrected chi connectivity index (χ3v) is 8.34. The molecule has 1 aliphatic heterocycles. The average Bonchev–Trinajstić information content (AvgIpc) is 3.77. The Morgan fingerprint density at radius 2 is 1.91 bits per heavy atom. The lowest BCUT2D eigenvalue weighted by Crippen LogP contribution is -2.36. The second-order valence-electron chi connectivity index (χ2n) is 10.9. The summed E-state index contributed by atoms with van der Waals surface area (Å²) in [5.74, 6) is -0.241. The number of primary amides is 1. The molecule has 0 spiro atoms. The first-order valence-electron chi connectivity index (χ1n) is 14.0. The van der Waals surface area contributed by atoms with E-state index in [0.717, 1.165) is 12.8 Å². The summed E-state index contributed by atoms with van der Waals surface area (Å²) in [5, 5.41) is 16.7. The number of fused-ring (bicyclic) bond motifs is 1. The van der Waals surface area contributed by atoms with Crippen molar-refractivity contribution in [1.82, 2.24) is 19.1 Å². The van der Waals surface area contributed by atoms with Crippen LogP contribution >= 0.6 is 23.2 Å². The fraction of sp³-hybridized carbons (Fsp3) is 0.345. The van der Waals surface area contributed by atoms with Crippen LogP contribution in [0.3, 0.4) is 0 Å². The molecular formula is C29H30Cl2N8O5. The molecule has 1 aliphatic carbocycles. The number of morpholine rings is 1. The number of amides is 2. The zero-order valence-electron chi connectivity index (χ0n) is 23.8. The summed E-state index contributed by atoms with van der Waals surface area (Å²) in [6, 6.07) is 4.49. The number of halogens is 2. The molecule has 13 nitrogen and oxygen atoms in total. The summed E-state index contributed by atoms with van der Waals surface area (Å²) in [6.45, 7) is 2.92. The molecule has 4 heterocycles. The number of hydrogen-bond donors (Lipinski definition) is 4. The van der Waals surface area contributed by atoms with Crippen LogP contribution in [0.25, 0.3) is 22.2 Å². The zero-order chi connectivity index (χ0) is 31.1. The number of phenols is 1. The quantitative estimate of drug-likeness (QED) is 0.214. The molecule has 0 radical (unpaired) electrons. The Morgan fingerprint density at radius 1 is 1.16 bits per heavy atom. The van der Waals surface area contributed by atoms with Crippen LogP contribution in [0.4, 0.5) is 17.5 Å². The van der Waals surface area contributed by atoms with Crippen LogP contribution in [-0.4, -0.2) is 68.9 Å². The van der Waals surface area contributed by atoms with Gasteiger partial charge >= 0.3 is 0 Å². The SMILES string of the molecule is Cn1c(NCC2CC2)nc2c(c(-c3cc(Cl)c(O)c(C(N)=O)c3)cn2CC(=O)Nc2cc(N3CCOCC3)ncc2Cl)c1=O. The van der Waals surface area contributed by atoms with Crippen LogP contribution in [0.5, 0.6) is 5.75 Å². The maximum Gasteiger partial charge on any atom is 0.264 e. The van der Waals surface area contributed by atoms with Gasteiger partial charge in [0.2, 0.25) is 11.9 Å². The van der Waals surface area contributed by atoms with Crippen LogP contribution in [0, 0.1) is 5.92 Å². The topological polar surface area (TPSA) is 170 Å². The first-order chi connectivity index (χ1) is 21.1. The van der Waals surface area contributed by atoms with E-state index < -0.39 is 17.6 Å². The van der Waals surface area contributed by atoms with Crippen LogP contribution < -0.4 is 26.8 Å². The summed E-state index contributed by atoms with van der Waals surface area (Å²) in [4.78, 5) is 50.4. The molecule has 1 saturated heterocycles. The summed E-state index contributed by atoms with van der Waals surface area (Å²) in [6.07, 6.45) is 5.29. The normalized spacial score (nSPS) is 15.0. The van der Waals surface area contributed by atoms with E-state index in [1.165, 1.54) is 22.9 Å². The predicted molar refractivity (Wildman–Crippen MR) is 168 cm³/mol. The van der Waals surface area contributed by atoms with Crippen molar-refractivity contribution in [1.29, 1.82) is 0 Å². The van der Waals surface area contributed by atoms with Gasteiger partial charge in [-0.1, -0.05) is 23.2 Å². The molecule has 2 amide bonds. The summed E-state index contributed by atoms with van der Waals surface area (Å²) in [5.41, 5.74) is 6.22. The van der Waals surface area contributed by atoms with Crippen molar-refractivity contribution in [2.24, 2.45) is 18.7 Å². The van der Waals surface area contributed by atoms with Gasteiger partial charge in [-0.2, -0.15) is 4.98 Å². The van der Waals surface area contributed by atoms with Crippen LogP contribution in [0.15, 0.2) is 35.4 Å². The van der Waals surface area contributed by atoms with E-state index in [0.29, 0.717) is 67.3 Å². The number of nitrogens with two attached hydrogens (primary N) is 1. The molecule has 6 rings (SSSR count). The van der Waals surface area contributed by atoms with Crippen molar-refractivity contribution < 1.29 is 19.4 Å². The Kier molecular flexibility index (Phi) is 8.10. The van der Waals surface area contributed by atoms with Gasteiger partial charge in [-0.15, -0.1) is 0 Å². The monoisotopic (exact) mass is 640 g/mol. The number of nitrogens with one attached hydrogen (secondary N) is 2. The van der Waals surface area contributed by atoms with E-state index in [1.807, 2.05) is 4.90 Å². The van der Waals surface area contributed by atoms with Crippen molar-refractivity contribution >= 4 is 63.5 Å². The number of aromatic hydroxyl groups is 1. The molecule has 2 aliphatic rings. The van der Waals surface area contributed by atoms with Crippen LogP contribution in [0.1, 0.15) is 23.2 Å². The molecular weight excluding hydrogens is 611 g/mol. The molecule has 3 aromatic heterocycles. The van der Waals surface area contributed by atoms with Crippen LogP contribution in [-0.2, 0) is 23.1 Å². The Labute approximate surface area is 261 Å². The molecule has 4 aromatic rings. The molecule has 0 atom stereocenters. The van der Waals surface area contributed by atoms with Gasteiger partial charge in [-0.3, -0.25) is 19.0 Å². The summed E-state index contributed by atoms with van der Waals surface area (Å²) in [7, 11) is 1.61. The highest BCUT2D eigenvalue weighted by Crippen LogP contribution is 2.36. The van der Waals surface area contributed by atoms with Crippen molar-refractivity contribution in [3.05, 3.63) is 56.6 Å². The smallest absolute Gasteiger partial charge is 0.264 e. The van der Waals surface area contributed by atoms with Gasteiger partial charge in [0.05, 0.1) is 46.1 Å². The van der Waals surface area contributed by atoms with Crippen molar-refractivity contribution in [3.63, 3.8) is 0 Å². The molecule has 15 heteroatoms. The van der Waals surface area contributed by atoms with E-state index in [9.17, 15) is 19.5 Å². The summed E-state index contributed by atoms with van der Waals surface area (Å²) < 4.78 is 8.37. The standard InChI is InChI=1S/C29H30Cl2N8O5/c1-37-28(43)24-18(16-8-17(26(32)42)25(41)19(30)9-16)13-39(27(24)36-29(37)34-11-15-2-3-15)14-23(40)35-21-10-22(33-12-20(21)31)38-4-6-44-7-5-38/h8-10,12-13,15,41H,2-7,11,14H2,1H3,(H2,32,42)(H,34,36)(H,33,35,40). The third-order valence-electron chi connectivity index (χ3n) is 7.75. The molecule has 0 unspecified atom stereocenters. The molecule has 1 aromatic carbocycles. The van der Waals surface area contributed by atoms with E-state index in [2.05, 4.69) is 15.6 Å². The van der Waals surface area contributed by atoms with E-state index in [-0.39, 0.29) is 38.7 Å². The van der Waals surface area contributed by atoms with Crippen molar-refractivity contribution in [2.75, 3.05) is 48.4 Å². The number of hydrogen-bond acceptors (Lipinski definition) is 9. The molecule has 1 saturated carbocycles. The lowest BCUT2D eigenvalue weighted by atomic mass is 10.0. The van der Waals surface area contributed by atoms with Gasteiger partial charge in [0.15, 0.2) is 5.65 Å². The molecule has 44 heavy (non-hydrogen) atoms. The molecule has 2 fully saturated rings. The number of pyridine rings is 1. The number of anilines is 3. The molecule has 0 bridgehead atoms. The van der Waals surface area contributed by atoms with Crippen molar-refractivity contribution in [2.45, 2.75) is 19.4 Å². The maximum absolute atomic E-state index is 13.8. The Balaban J connectivity index is 1.39. The Bertz CT molecular complexity index is 1850. The van der Waals surface area contributed by atoms with Gasteiger partial charge in [0, 0.05) is 44.5 Å². The van der Waals surface area contributed by atoms with Gasteiger partial charge < -0.3 is 35.7 Å². The van der Waals surface area contributed by atoms with Crippen LogP contribution in [0.2, 0.25) is 10.0 Å². The fourth-order valence-electron chi connectivity index (χ4n) is 5.15. The number of benzene rings is 1. The van der Waals surface area contributed by atoms with Gasteiger partial charge in [-0.25, -0.2) is 4.98 Å². The number of nitrogens with zero attached hydrogens (tertiary/aromatic N) is 5. The first-order valence-corrected chi connectivity index (χ1v) is 14.8.